The van der Waals surface area contributed by atoms with Crippen LogP contribution in [0.2, 0.25) is 0 Å². The standard InChI is InChI=1S/C4H8O3S/c1-3(5)4(6)7-2-8/h3,5,8H,2H2,1H3. The third kappa shape index (κ3) is 2.87. The van der Waals surface area contributed by atoms with Crippen LogP contribution in [0, 0.1) is 0 Å². The van der Waals surface area contributed by atoms with Crippen molar-refractivity contribution in [3.63, 3.8) is 0 Å². The molecule has 0 heterocycles. The summed E-state index contributed by atoms with van der Waals surface area (Å²) in [5.41, 5.74) is 0. The van der Waals surface area contributed by atoms with Crippen LogP contribution in [0.4, 0.5) is 0 Å². The molecule has 1 N–H and O–H groups in total. The molecular formula is C4H8O3S. The molecule has 0 rings (SSSR count). The van der Waals surface area contributed by atoms with Gasteiger partial charge in [0, 0.05) is 0 Å². The Kier molecular flexibility index (Phi) is 3.64. The fraction of sp³-hybridized carbons (Fsp3) is 0.750. The van der Waals surface area contributed by atoms with Crippen LogP contribution in [0.25, 0.3) is 0 Å². The Labute approximate surface area is 53.1 Å². The molecule has 1 unspecified atom stereocenters. The highest BCUT2D eigenvalue weighted by atomic mass is 32.1. The van der Waals surface area contributed by atoms with Crippen LogP contribution in [0.3, 0.4) is 0 Å². The lowest BCUT2D eigenvalue weighted by atomic mass is 10.4. The molecule has 0 aromatic carbocycles. The highest BCUT2D eigenvalue weighted by molar-refractivity contribution is 7.80. The van der Waals surface area contributed by atoms with E-state index in [9.17, 15) is 4.79 Å². The van der Waals surface area contributed by atoms with E-state index in [2.05, 4.69) is 17.4 Å². The number of hydrogen-bond acceptors (Lipinski definition) is 4. The van der Waals surface area contributed by atoms with Gasteiger partial charge in [-0.1, -0.05) is 0 Å². The molecule has 3 nitrogen and oxygen atoms in total. The lowest BCUT2D eigenvalue weighted by molar-refractivity contribution is -0.150. The minimum Gasteiger partial charge on any atom is -0.453 e. The van der Waals surface area contributed by atoms with Crippen LogP contribution in [-0.4, -0.2) is 23.1 Å². The zero-order chi connectivity index (χ0) is 6.57. The molecule has 0 aliphatic carbocycles. The van der Waals surface area contributed by atoms with Crippen molar-refractivity contribution in [3.05, 3.63) is 0 Å². The van der Waals surface area contributed by atoms with Crippen LogP contribution in [0.5, 0.6) is 0 Å². The van der Waals surface area contributed by atoms with Crippen molar-refractivity contribution in [1.82, 2.24) is 0 Å². The monoisotopic (exact) mass is 136 g/mol. The van der Waals surface area contributed by atoms with Crippen LogP contribution in [0.15, 0.2) is 0 Å². The molecule has 8 heavy (non-hydrogen) atoms. The summed E-state index contributed by atoms with van der Waals surface area (Å²) in [5.74, 6) is -0.621. The highest BCUT2D eigenvalue weighted by Gasteiger charge is 2.07. The van der Waals surface area contributed by atoms with Crippen molar-refractivity contribution in [2.45, 2.75) is 13.0 Å². The molecule has 0 bridgehead atoms. The number of esters is 1. The average molecular weight is 136 g/mol. The number of aliphatic hydroxyl groups excluding tert-OH is 1. The normalized spacial score (nSPS) is 12.9. The summed E-state index contributed by atoms with van der Waals surface area (Å²) in [6.45, 7) is 1.34. The first kappa shape index (κ1) is 7.78. The molecular weight excluding hydrogens is 128 g/mol. The molecule has 0 aliphatic rings. The minimum absolute atomic E-state index is 0.0176. The Morgan fingerprint density at radius 3 is 2.62 bits per heavy atom. The fourth-order valence-corrected chi connectivity index (χ4v) is 0.311. The molecule has 0 spiro atoms. The van der Waals surface area contributed by atoms with Gasteiger partial charge in [-0.15, -0.1) is 12.6 Å². The minimum atomic E-state index is -1.04. The molecule has 0 radical (unpaired) electrons. The van der Waals surface area contributed by atoms with Gasteiger partial charge in [0.05, 0.1) is 0 Å². The van der Waals surface area contributed by atoms with Gasteiger partial charge in [-0.25, -0.2) is 4.79 Å². The van der Waals surface area contributed by atoms with Crippen molar-refractivity contribution in [2.75, 3.05) is 5.94 Å². The number of hydrogen-bond donors (Lipinski definition) is 2. The number of carbonyl (C=O) groups excluding carboxylic acids is 1. The predicted molar refractivity (Wildman–Crippen MR) is 31.6 cm³/mol. The van der Waals surface area contributed by atoms with Gasteiger partial charge in [-0.3, -0.25) is 0 Å². The van der Waals surface area contributed by atoms with Crippen LogP contribution in [-0.2, 0) is 9.53 Å². The van der Waals surface area contributed by atoms with E-state index < -0.39 is 12.1 Å². The molecule has 0 saturated heterocycles. The Morgan fingerprint density at radius 2 is 2.50 bits per heavy atom. The van der Waals surface area contributed by atoms with E-state index in [1.807, 2.05) is 0 Å². The van der Waals surface area contributed by atoms with Crippen molar-refractivity contribution in [3.8, 4) is 0 Å². The molecule has 0 fully saturated rings. The third-order valence-corrected chi connectivity index (χ3v) is 0.677. The first-order valence-corrected chi connectivity index (χ1v) is 2.77. The quantitative estimate of drug-likeness (QED) is 0.314. The summed E-state index contributed by atoms with van der Waals surface area (Å²) in [6, 6.07) is 0. The topological polar surface area (TPSA) is 46.5 Å². The highest BCUT2D eigenvalue weighted by Crippen LogP contribution is 1.86. The lowest BCUT2D eigenvalue weighted by Gasteiger charge is -2.00. The zero-order valence-electron chi connectivity index (χ0n) is 4.50. The second kappa shape index (κ2) is 3.74. The number of aliphatic hydroxyl groups is 1. The van der Waals surface area contributed by atoms with E-state index in [-0.39, 0.29) is 5.94 Å². The molecule has 0 amide bonds. The first-order chi connectivity index (χ1) is 3.68. The van der Waals surface area contributed by atoms with E-state index >= 15 is 0 Å². The maximum absolute atomic E-state index is 10.2. The Bertz CT molecular complexity index is 81.4. The summed E-state index contributed by atoms with van der Waals surface area (Å²) < 4.78 is 4.28. The van der Waals surface area contributed by atoms with Crippen LogP contribution < -0.4 is 0 Å². The van der Waals surface area contributed by atoms with Gasteiger partial charge in [0.15, 0.2) is 0 Å². The summed E-state index contributed by atoms with van der Waals surface area (Å²) in [6.07, 6.45) is -1.04. The van der Waals surface area contributed by atoms with E-state index in [0.29, 0.717) is 0 Å². The molecule has 0 aromatic heterocycles. The molecule has 0 saturated carbocycles. The third-order valence-electron chi connectivity index (χ3n) is 0.548. The number of rotatable bonds is 2. The molecule has 0 aliphatic heterocycles. The first-order valence-electron chi connectivity index (χ1n) is 2.14. The van der Waals surface area contributed by atoms with Crippen molar-refractivity contribution in [1.29, 1.82) is 0 Å². The van der Waals surface area contributed by atoms with Crippen molar-refractivity contribution < 1.29 is 14.6 Å². The predicted octanol–water partition coefficient (Wildman–Crippen LogP) is -0.202. The van der Waals surface area contributed by atoms with E-state index in [1.54, 1.807) is 0 Å². The Morgan fingerprint density at radius 1 is 2.00 bits per heavy atom. The second-order valence-electron chi connectivity index (χ2n) is 1.27. The molecule has 1 atom stereocenters. The number of thiol groups is 1. The second-order valence-corrected chi connectivity index (χ2v) is 1.53. The maximum atomic E-state index is 10.2. The van der Waals surface area contributed by atoms with Gasteiger partial charge in [-0.05, 0) is 6.92 Å². The van der Waals surface area contributed by atoms with Crippen molar-refractivity contribution in [2.24, 2.45) is 0 Å². The van der Waals surface area contributed by atoms with E-state index in [0.717, 1.165) is 0 Å². The molecule has 0 aromatic rings. The maximum Gasteiger partial charge on any atom is 0.335 e. The zero-order valence-corrected chi connectivity index (χ0v) is 5.39. The summed E-state index contributed by atoms with van der Waals surface area (Å²) in [7, 11) is 0. The molecule has 4 heteroatoms. The number of carbonyl (C=O) groups is 1. The van der Waals surface area contributed by atoms with Crippen LogP contribution in [0.1, 0.15) is 6.92 Å². The summed E-state index contributed by atoms with van der Waals surface area (Å²) in [4.78, 5) is 10.2. The van der Waals surface area contributed by atoms with Gasteiger partial charge in [0.25, 0.3) is 0 Å². The van der Waals surface area contributed by atoms with Gasteiger partial charge in [0.1, 0.15) is 12.0 Å². The molecule has 48 valence electrons. The van der Waals surface area contributed by atoms with E-state index in [4.69, 9.17) is 5.11 Å². The van der Waals surface area contributed by atoms with E-state index in [1.165, 1.54) is 6.92 Å². The van der Waals surface area contributed by atoms with Crippen molar-refractivity contribution >= 4 is 18.6 Å². The van der Waals surface area contributed by atoms with Gasteiger partial charge < -0.3 is 9.84 Å². The van der Waals surface area contributed by atoms with Gasteiger partial charge in [0.2, 0.25) is 0 Å². The van der Waals surface area contributed by atoms with Gasteiger partial charge >= 0.3 is 5.97 Å². The summed E-state index contributed by atoms with van der Waals surface area (Å²) >= 11 is 3.60. The Hall–Kier alpha value is -0.220. The average Bonchev–Trinajstić information content (AvgIpc) is 1.67. The number of ether oxygens (including phenoxy) is 1. The largest absolute Gasteiger partial charge is 0.453 e. The summed E-state index contributed by atoms with van der Waals surface area (Å²) in [5, 5.41) is 8.44. The van der Waals surface area contributed by atoms with Crippen LogP contribution >= 0.6 is 12.6 Å². The SMILES string of the molecule is CC(O)C(=O)OCS. The smallest absolute Gasteiger partial charge is 0.335 e. The van der Waals surface area contributed by atoms with Gasteiger partial charge in [-0.2, -0.15) is 0 Å². The fourth-order valence-electron chi connectivity index (χ4n) is 0.184. The Balaban J connectivity index is 3.33. The lowest BCUT2D eigenvalue weighted by Crippen LogP contribution is -2.18.